The van der Waals surface area contributed by atoms with Crippen LogP contribution in [0.4, 0.5) is 0 Å². The van der Waals surface area contributed by atoms with Crippen LogP contribution in [0.5, 0.6) is 0 Å². The molecule has 4 heteroatoms. The Balaban J connectivity index is 1.30. The van der Waals surface area contributed by atoms with E-state index in [1.54, 1.807) is 0 Å². The van der Waals surface area contributed by atoms with E-state index in [0.29, 0.717) is 0 Å². The molecular formula is C48H30N4. The standard InChI is InChI=1S/C48H30N4/c1-2-13-31(14-3-1)32-25-27-34(28-26-32)45-48(50-41-21-9-8-20-40(41)49-45)52-44-23-11-7-19-37(44)39-30-29-38-36-18-6-10-22-43(36)51(46(38)47(39)52)42-24-12-16-33-15-4-5-17-35(33)42/h1-30H. The highest BCUT2D eigenvalue weighted by Crippen LogP contribution is 2.43. The topological polar surface area (TPSA) is 35.6 Å². The van der Waals surface area contributed by atoms with Gasteiger partial charge in [0.15, 0.2) is 5.82 Å². The Morgan fingerprint density at radius 1 is 0.327 bits per heavy atom. The highest BCUT2D eigenvalue weighted by Gasteiger charge is 2.24. The van der Waals surface area contributed by atoms with Gasteiger partial charge in [-0.2, -0.15) is 0 Å². The summed E-state index contributed by atoms with van der Waals surface area (Å²) in [6.45, 7) is 0. The molecule has 0 radical (unpaired) electrons. The Hall–Kier alpha value is -7.04. The maximum absolute atomic E-state index is 5.48. The number of hydrogen-bond acceptors (Lipinski definition) is 2. The molecule has 0 aliphatic carbocycles. The summed E-state index contributed by atoms with van der Waals surface area (Å²) >= 11 is 0. The van der Waals surface area contributed by atoms with Crippen LogP contribution in [-0.4, -0.2) is 19.1 Å². The Morgan fingerprint density at radius 3 is 1.58 bits per heavy atom. The van der Waals surface area contributed by atoms with Gasteiger partial charge in [0.25, 0.3) is 0 Å². The molecule has 0 atom stereocenters. The van der Waals surface area contributed by atoms with Crippen LogP contribution in [0.25, 0.3) is 99.3 Å². The van der Waals surface area contributed by atoms with Crippen molar-refractivity contribution in [1.82, 2.24) is 19.1 Å². The van der Waals surface area contributed by atoms with Crippen LogP contribution >= 0.6 is 0 Å². The van der Waals surface area contributed by atoms with E-state index in [1.165, 1.54) is 43.4 Å². The third-order valence-corrected chi connectivity index (χ3v) is 10.5. The third-order valence-electron chi connectivity index (χ3n) is 10.5. The number of para-hydroxylation sites is 4. The normalized spacial score (nSPS) is 11.8. The minimum Gasteiger partial charge on any atom is -0.307 e. The number of fused-ring (bicyclic) bond motifs is 9. The second-order valence-corrected chi connectivity index (χ2v) is 13.4. The summed E-state index contributed by atoms with van der Waals surface area (Å²) in [6, 6.07) is 64.8. The molecule has 11 aromatic rings. The molecule has 0 aliphatic heterocycles. The monoisotopic (exact) mass is 662 g/mol. The number of nitrogens with zero attached hydrogens (tertiary/aromatic N) is 4. The fraction of sp³-hybridized carbons (Fsp3) is 0. The summed E-state index contributed by atoms with van der Waals surface area (Å²) < 4.78 is 4.83. The molecule has 0 unspecified atom stereocenters. The van der Waals surface area contributed by atoms with E-state index in [4.69, 9.17) is 9.97 Å². The average molecular weight is 663 g/mol. The molecule has 0 spiro atoms. The molecule has 0 saturated heterocycles. The van der Waals surface area contributed by atoms with Crippen molar-refractivity contribution in [2.45, 2.75) is 0 Å². The Labute approximate surface area is 299 Å². The van der Waals surface area contributed by atoms with Gasteiger partial charge in [-0.15, -0.1) is 0 Å². The summed E-state index contributed by atoms with van der Waals surface area (Å²) in [6.07, 6.45) is 0. The van der Waals surface area contributed by atoms with E-state index in [9.17, 15) is 0 Å². The predicted octanol–water partition coefficient (Wildman–Crippen LogP) is 12.3. The van der Waals surface area contributed by atoms with Gasteiger partial charge in [0.05, 0.1) is 38.8 Å². The molecule has 0 aliphatic rings. The lowest BCUT2D eigenvalue weighted by Crippen LogP contribution is -2.05. The smallest absolute Gasteiger partial charge is 0.165 e. The molecule has 3 aromatic heterocycles. The van der Waals surface area contributed by atoms with Crippen LogP contribution in [0.3, 0.4) is 0 Å². The molecule has 11 rings (SSSR count). The Morgan fingerprint density at radius 2 is 0.846 bits per heavy atom. The number of hydrogen-bond donors (Lipinski definition) is 0. The van der Waals surface area contributed by atoms with Crippen molar-refractivity contribution in [2.24, 2.45) is 0 Å². The van der Waals surface area contributed by atoms with Crippen LogP contribution in [-0.2, 0) is 0 Å². The zero-order chi connectivity index (χ0) is 34.2. The first kappa shape index (κ1) is 28.8. The van der Waals surface area contributed by atoms with Crippen molar-refractivity contribution < 1.29 is 0 Å². The minimum absolute atomic E-state index is 0.805. The van der Waals surface area contributed by atoms with Gasteiger partial charge in [0, 0.05) is 32.5 Å². The number of aromatic nitrogens is 4. The van der Waals surface area contributed by atoms with E-state index >= 15 is 0 Å². The van der Waals surface area contributed by atoms with Crippen molar-refractivity contribution in [3.8, 4) is 33.9 Å². The molecule has 3 heterocycles. The van der Waals surface area contributed by atoms with E-state index in [2.05, 4.69) is 179 Å². The zero-order valence-electron chi connectivity index (χ0n) is 28.1. The molecule has 52 heavy (non-hydrogen) atoms. The van der Waals surface area contributed by atoms with E-state index in [0.717, 1.165) is 55.9 Å². The van der Waals surface area contributed by atoms with E-state index < -0.39 is 0 Å². The van der Waals surface area contributed by atoms with Gasteiger partial charge in [-0.3, -0.25) is 4.57 Å². The van der Waals surface area contributed by atoms with Crippen molar-refractivity contribution in [3.63, 3.8) is 0 Å². The highest BCUT2D eigenvalue weighted by atomic mass is 15.1. The van der Waals surface area contributed by atoms with Gasteiger partial charge in [0.1, 0.15) is 5.69 Å². The lowest BCUT2D eigenvalue weighted by molar-refractivity contribution is 1.08. The predicted molar refractivity (Wildman–Crippen MR) is 217 cm³/mol. The molecular weight excluding hydrogens is 633 g/mol. The number of benzene rings is 8. The average Bonchev–Trinajstić information content (AvgIpc) is 3.73. The van der Waals surface area contributed by atoms with Crippen molar-refractivity contribution in [3.05, 3.63) is 182 Å². The fourth-order valence-electron chi connectivity index (χ4n) is 8.17. The summed E-state index contributed by atoms with van der Waals surface area (Å²) in [5.74, 6) is 0.805. The van der Waals surface area contributed by atoms with E-state index in [1.807, 2.05) is 12.1 Å². The zero-order valence-corrected chi connectivity index (χ0v) is 28.1. The molecule has 0 bridgehead atoms. The van der Waals surface area contributed by atoms with Gasteiger partial charge in [0.2, 0.25) is 0 Å². The van der Waals surface area contributed by atoms with Crippen LogP contribution in [0.2, 0.25) is 0 Å². The quantitative estimate of drug-likeness (QED) is 0.188. The first-order chi connectivity index (χ1) is 25.8. The lowest BCUT2D eigenvalue weighted by Gasteiger charge is -2.16. The first-order valence-corrected chi connectivity index (χ1v) is 17.7. The van der Waals surface area contributed by atoms with Crippen LogP contribution in [0, 0.1) is 0 Å². The summed E-state index contributed by atoms with van der Waals surface area (Å²) in [5.41, 5.74) is 11.6. The molecule has 4 nitrogen and oxygen atoms in total. The van der Waals surface area contributed by atoms with E-state index in [-0.39, 0.29) is 0 Å². The van der Waals surface area contributed by atoms with Gasteiger partial charge in [-0.05, 0) is 46.8 Å². The largest absolute Gasteiger partial charge is 0.307 e. The molecule has 8 aromatic carbocycles. The van der Waals surface area contributed by atoms with Crippen molar-refractivity contribution in [1.29, 1.82) is 0 Å². The molecule has 0 saturated carbocycles. The second kappa shape index (κ2) is 11.2. The molecule has 242 valence electrons. The lowest BCUT2D eigenvalue weighted by atomic mass is 10.0. The summed E-state index contributed by atoms with van der Waals surface area (Å²) in [7, 11) is 0. The Bertz CT molecular complexity index is 3160. The van der Waals surface area contributed by atoms with Crippen molar-refractivity contribution in [2.75, 3.05) is 0 Å². The SMILES string of the molecule is c1ccc(-c2ccc(-c3nc4ccccc4nc3-n3c4ccccc4c4ccc5c6ccccc6n(-c6cccc7ccccc67)c5c43)cc2)cc1. The van der Waals surface area contributed by atoms with Gasteiger partial charge < -0.3 is 4.57 Å². The maximum Gasteiger partial charge on any atom is 0.165 e. The fourth-order valence-corrected chi connectivity index (χ4v) is 8.17. The first-order valence-electron chi connectivity index (χ1n) is 17.7. The third kappa shape index (κ3) is 4.21. The van der Waals surface area contributed by atoms with Crippen LogP contribution in [0.15, 0.2) is 182 Å². The highest BCUT2D eigenvalue weighted by molar-refractivity contribution is 6.24. The van der Waals surface area contributed by atoms with Crippen LogP contribution < -0.4 is 0 Å². The minimum atomic E-state index is 0.805. The number of rotatable bonds is 4. The second-order valence-electron chi connectivity index (χ2n) is 13.4. The van der Waals surface area contributed by atoms with Gasteiger partial charge in [-0.25, -0.2) is 9.97 Å². The van der Waals surface area contributed by atoms with Gasteiger partial charge >= 0.3 is 0 Å². The molecule has 0 N–H and O–H groups in total. The van der Waals surface area contributed by atoms with Crippen LogP contribution in [0.1, 0.15) is 0 Å². The maximum atomic E-state index is 5.48. The summed E-state index contributed by atoms with van der Waals surface area (Å²) in [5, 5.41) is 7.17. The Kier molecular flexibility index (Phi) is 6.22. The van der Waals surface area contributed by atoms with Crippen molar-refractivity contribution >= 4 is 65.4 Å². The molecule has 0 amide bonds. The van der Waals surface area contributed by atoms with Gasteiger partial charge in [-0.1, -0.05) is 152 Å². The molecule has 0 fully saturated rings. The summed E-state index contributed by atoms with van der Waals surface area (Å²) in [4.78, 5) is 10.9.